The van der Waals surface area contributed by atoms with Gasteiger partial charge in [-0.25, -0.2) is 0 Å². The number of hydrogen-bond donors (Lipinski definition) is 0. The summed E-state index contributed by atoms with van der Waals surface area (Å²) in [4.78, 5) is 0. The maximum Gasteiger partial charge on any atom is 0.0815 e. The van der Waals surface area contributed by atoms with Gasteiger partial charge in [0.2, 0.25) is 0 Å². The Morgan fingerprint density at radius 2 is 2.00 bits per heavy atom. The van der Waals surface area contributed by atoms with Crippen LogP contribution in [0.25, 0.3) is 0 Å². The average Bonchev–Trinajstić information content (AvgIpc) is 2.19. The van der Waals surface area contributed by atoms with Crippen LogP contribution in [-0.4, -0.2) is 20.4 Å². The second-order valence-electron chi connectivity index (χ2n) is 5.30. The van der Waals surface area contributed by atoms with Crippen molar-refractivity contribution < 1.29 is 4.74 Å². The maximum absolute atomic E-state index is 5.94. The molecule has 1 aliphatic rings. The predicted octanol–water partition coefficient (Wildman–Crippen LogP) is 3.99. The van der Waals surface area contributed by atoms with Crippen LogP contribution in [0.3, 0.4) is 0 Å². The van der Waals surface area contributed by atoms with Crippen LogP contribution in [0.1, 0.15) is 45.4 Å². The van der Waals surface area contributed by atoms with Gasteiger partial charge in [0.1, 0.15) is 0 Å². The van der Waals surface area contributed by atoms with E-state index in [2.05, 4.69) is 20.0 Å². The van der Waals surface area contributed by atoms with Crippen LogP contribution in [0.15, 0.2) is 0 Å². The molecule has 14 heavy (non-hydrogen) atoms. The van der Waals surface area contributed by atoms with Crippen molar-refractivity contribution in [1.29, 1.82) is 0 Å². The van der Waals surface area contributed by atoms with Gasteiger partial charge < -0.3 is 4.74 Å². The smallest absolute Gasteiger partial charge is 0.0815 e. The molecule has 84 valence electrons. The zero-order chi connectivity index (χ0) is 10.4. The summed E-state index contributed by atoms with van der Waals surface area (Å²) in [5, 5.41) is 0. The lowest BCUT2D eigenvalue weighted by Crippen LogP contribution is -2.45. The molecule has 0 amide bonds. The summed E-state index contributed by atoms with van der Waals surface area (Å²) in [7, 11) is -1.06. The molecule has 1 saturated heterocycles. The fourth-order valence-corrected chi connectivity index (χ4v) is 5.39. The largest absolute Gasteiger partial charge is 0.382 e. The Labute approximate surface area is 90.2 Å². The molecular formula is C12H26OSi. The van der Waals surface area contributed by atoms with Gasteiger partial charge in [0.05, 0.1) is 8.07 Å². The van der Waals surface area contributed by atoms with Crippen molar-refractivity contribution in [2.75, 3.05) is 6.61 Å². The van der Waals surface area contributed by atoms with Gasteiger partial charge in [0.25, 0.3) is 0 Å². The van der Waals surface area contributed by atoms with Gasteiger partial charge in [0, 0.05) is 12.3 Å². The highest BCUT2D eigenvalue weighted by Gasteiger charge is 2.32. The highest BCUT2D eigenvalue weighted by atomic mass is 28.3. The maximum atomic E-state index is 5.94. The zero-order valence-electron chi connectivity index (χ0n) is 10.1. The molecule has 1 aliphatic heterocycles. The molecule has 0 bridgehead atoms. The Morgan fingerprint density at radius 3 is 2.57 bits per heavy atom. The third-order valence-electron chi connectivity index (χ3n) is 3.48. The summed E-state index contributed by atoms with van der Waals surface area (Å²) in [6, 6.07) is 1.46. The minimum absolute atomic E-state index is 0.660. The SMILES string of the molecule is CCCCC[Si](C)(C)C1CCCCO1. The van der Waals surface area contributed by atoms with Crippen LogP contribution in [0.5, 0.6) is 0 Å². The van der Waals surface area contributed by atoms with Crippen molar-refractivity contribution in [3.63, 3.8) is 0 Å². The minimum Gasteiger partial charge on any atom is -0.382 e. The second kappa shape index (κ2) is 5.91. The molecule has 0 aromatic rings. The normalized spacial score (nSPS) is 23.8. The van der Waals surface area contributed by atoms with E-state index in [0.717, 1.165) is 6.61 Å². The molecule has 0 aliphatic carbocycles. The molecule has 1 heterocycles. The van der Waals surface area contributed by atoms with Crippen LogP contribution in [0.2, 0.25) is 19.1 Å². The highest BCUT2D eigenvalue weighted by Crippen LogP contribution is 2.27. The average molecular weight is 214 g/mol. The first kappa shape index (κ1) is 12.2. The Bertz CT molecular complexity index is 150. The molecule has 1 fully saturated rings. The van der Waals surface area contributed by atoms with Crippen LogP contribution < -0.4 is 0 Å². The Kier molecular flexibility index (Phi) is 5.17. The van der Waals surface area contributed by atoms with E-state index >= 15 is 0 Å². The molecule has 1 unspecified atom stereocenters. The molecule has 0 aromatic heterocycles. The standard InChI is InChI=1S/C12H26OSi/c1-4-5-8-11-14(2,3)12-9-6-7-10-13-12/h12H,4-11H2,1-3H3. The number of rotatable bonds is 5. The van der Waals surface area contributed by atoms with Gasteiger partial charge in [-0.2, -0.15) is 0 Å². The Morgan fingerprint density at radius 1 is 1.21 bits per heavy atom. The van der Waals surface area contributed by atoms with E-state index in [0.29, 0.717) is 5.73 Å². The first-order valence-electron chi connectivity index (χ1n) is 6.28. The van der Waals surface area contributed by atoms with Crippen molar-refractivity contribution in [3.05, 3.63) is 0 Å². The van der Waals surface area contributed by atoms with Crippen LogP contribution in [0.4, 0.5) is 0 Å². The summed E-state index contributed by atoms with van der Waals surface area (Å²) >= 11 is 0. The number of hydrogen-bond acceptors (Lipinski definition) is 1. The first-order chi connectivity index (χ1) is 6.67. The zero-order valence-corrected chi connectivity index (χ0v) is 11.1. The van der Waals surface area contributed by atoms with Crippen LogP contribution in [0, 0.1) is 0 Å². The minimum atomic E-state index is -1.06. The van der Waals surface area contributed by atoms with E-state index in [-0.39, 0.29) is 0 Å². The molecule has 0 radical (unpaired) electrons. The van der Waals surface area contributed by atoms with Gasteiger partial charge in [-0.1, -0.05) is 45.3 Å². The molecular weight excluding hydrogens is 188 g/mol. The van der Waals surface area contributed by atoms with Crippen molar-refractivity contribution in [2.45, 2.75) is 70.3 Å². The van der Waals surface area contributed by atoms with E-state index in [9.17, 15) is 0 Å². The summed E-state index contributed by atoms with van der Waals surface area (Å²) in [5.74, 6) is 0. The molecule has 0 saturated carbocycles. The third-order valence-corrected chi connectivity index (χ3v) is 7.32. The lowest BCUT2D eigenvalue weighted by Gasteiger charge is -2.35. The molecule has 1 atom stereocenters. The van der Waals surface area contributed by atoms with Crippen molar-refractivity contribution in [1.82, 2.24) is 0 Å². The van der Waals surface area contributed by atoms with E-state index in [1.54, 1.807) is 0 Å². The van der Waals surface area contributed by atoms with E-state index in [1.165, 1.54) is 44.6 Å². The highest BCUT2D eigenvalue weighted by molar-refractivity contribution is 6.78. The van der Waals surface area contributed by atoms with E-state index < -0.39 is 8.07 Å². The van der Waals surface area contributed by atoms with Crippen LogP contribution >= 0.6 is 0 Å². The van der Waals surface area contributed by atoms with Gasteiger partial charge in [-0.05, 0) is 19.3 Å². The fourth-order valence-electron chi connectivity index (χ4n) is 2.35. The number of ether oxygens (including phenoxy) is 1. The molecule has 2 heteroatoms. The molecule has 0 aromatic carbocycles. The quantitative estimate of drug-likeness (QED) is 0.496. The molecule has 0 N–H and O–H groups in total. The lowest BCUT2D eigenvalue weighted by molar-refractivity contribution is 0.0597. The Balaban J connectivity index is 2.29. The number of unbranched alkanes of at least 4 members (excludes halogenated alkanes) is 2. The van der Waals surface area contributed by atoms with E-state index in [4.69, 9.17) is 4.74 Å². The third kappa shape index (κ3) is 3.74. The fraction of sp³-hybridized carbons (Fsp3) is 1.00. The molecule has 1 rings (SSSR count). The summed E-state index contributed by atoms with van der Waals surface area (Å²) < 4.78 is 5.94. The monoisotopic (exact) mass is 214 g/mol. The van der Waals surface area contributed by atoms with E-state index in [1.807, 2.05) is 0 Å². The topological polar surface area (TPSA) is 9.23 Å². The summed E-state index contributed by atoms with van der Waals surface area (Å²) in [6.45, 7) is 8.33. The molecule has 0 spiro atoms. The first-order valence-corrected chi connectivity index (χ1v) is 9.57. The summed E-state index contributed by atoms with van der Waals surface area (Å²) in [5.41, 5.74) is 0.660. The predicted molar refractivity (Wildman–Crippen MR) is 65.4 cm³/mol. The molecule has 1 nitrogen and oxygen atoms in total. The van der Waals surface area contributed by atoms with Gasteiger partial charge >= 0.3 is 0 Å². The van der Waals surface area contributed by atoms with Gasteiger partial charge in [-0.3, -0.25) is 0 Å². The summed E-state index contributed by atoms with van der Waals surface area (Å²) in [6.07, 6.45) is 8.20. The van der Waals surface area contributed by atoms with Crippen molar-refractivity contribution >= 4 is 8.07 Å². The van der Waals surface area contributed by atoms with Gasteiger partial charge in [0.15, 0.2) is 0 Å². The van der Waals surface area contributed by atoms with Gasteiger partial charge in [-0.15, -0.1) is 0 Å². The van der Waals surface area contributed by atoms with Crippen molar-refractivity contribution in [3.8, 4) is 0 Å². The van der Waals surface area contributed by atoms with Crippen molar-refractivity contribution in [2.24, 2.45) is 0 Å². The lowest BCUT2D eigenvalue weighted by atomic mass is 10.2. The van der Waals surface area contributed by atoms with Crippen LogP contribution in [-0.2, 0) is 4.74 Å². The second-order valence-corrected chi connectivity index (χ2v) is 10.4. The Hall–Kier alpha value is 0.177.